The van der Waals surface area contributed by atoms with Gasteiger partial charge in [-0.2, -0.15) is 0 Å². The van der Waals surface area contributed by atoms with E-state index in [1.54, 1.807) is 19.0 Å². The average Bonchev–Trinajstić information content (AvgIpc) is 2.43. The highest BCUT2D eigenvalue weighted by atomic mass is 16.6. The lowest BCUT2D eigenvalue weighted by Crippen LogP contribution is -2.49. The molecule has 1 aliphatic rings. The minimum absolute atomic E-state index is 0.0597. The predicted octanol–water partition coefficient (Wildman–Crippen LogP) is 2.23. The Kier molecular flexibility index (Phi) is 7.32. The van der Waals surface area contributed by atoms with E-state index in [2.05, 4.69) is 12.2 Å². The lowest BCUT2D eigenvalue weighted by molar-refractivity contribution is -0.127. The van der Waals surface area contributed by atoms with E-state index in [0.717, 1.165) is 32.2 Å². The van der Waals surface area contributed by atoms with Crippen LogP contribution in [0.4, 0.5) is 4.79 Å². The Bertz CT molecular complexity index is 404. The quantitative estimate of drug-likeness (QED) is 0.841. The second-order valence-corrected chi connectivity index (χ2v) is 7.63. The summed E-state index contributed by atoms with van der Waals surface area (Å²) < 4.78 is 5.52. The third-order valence-electron chi connectivity index (χ3n) is 3.98. The first-order valence-electron chi connectivity index (χ1n) is 8.53. The van der Waals surface area contributed by atoms with E-state index in [0.29, 0.717) is 6.54 Å². The number of carbonyl (C=O) groups is 2. The van der Waals surface area contributed by atoms with E-state index in [4.69, 9.17) is 4.74 Å². The van der Waals surface area contributed by atoms with E-state index in [9.17, 15) is 9.59 Å². The van der Waals surface area contributed by atoms with E-state index >= 15 is 0 Å². The monoisotopic (exact) mass is 327 g/mol. The summed E-state index contributed by atoms with van der Waals surface area (Å²) in [6.07, 6.45) is 3.76. The van der Waals surface area contributed by atoms with Gasteiger partial charge < -0.3 is 19.9 Å². The molecule has 1 fully saturated rings. The van der Waals surface area contributed by atoms with Crippen LogP contribution >= 0.6 is 0 Å². The standard InChI is InChI=1S/C17H33N3O3/c1-13(18-12-15(21)19(5)6)11-14-9-7-8-10-20(14)16(22)23-17(2,3)4/h13-14,18H,7-12H2,1-6H3. The zero-order chi connectivity index (χ0) is 17.6. The first kappa shape index (κ1) is 19.7. The van der Waals surface area contributed by atoms with Crippen molar-refractivity contribution in [2.45, 2.75) is 71.1 Å². The predicted molar refractivity (Wildman–Crippen MR) is 91.4 cm³/mol. The van der Waals surface area contributed by atoms with Crippen LogP contribution in [0.1, 0.15) is 53.4 Å². The molecule has 0 aromatic carbocycles. The van der Waals surface area contributed by atoms with Gasteiger partial charge in [0.15, 0.2) is 0 Å². The van der Waals surface area contributed by atoms with Gasteiger partial charge in [-0.1, -0.05) is 0 Å². The van der Waals surface area contributed by atoms with Crippen molar-refractivity contribution in [1.29, 1.82) is 0 Å². The van der Waals surface area contributed by atoms with Gasteiger partial charge in [0.25, 0.3) is 0 Å². The van der Waals surface area contributed by atoms with E-state index in [-0.39, 0.29) is 24.1 Å². The number of hydrogen-bond acceptors (Lipinski definition) is 4. The molecule has 0 saturated carbocycles. The molecule has 1 heterocycles. The largest absolute Gasteiger partial charge is 0.444 e. The number of likely N-dealkylation sites (tertiary alicyclic amines) is 1. The van der Waals surface area contributed by atoms with Gasteiger partial charge in [0.1, 0.15) is 5.60 Å². The lowest BCUT2D eigenvalue weighted by atomic mass is 9.96. The highest BCUT2D eigenvalue weighted by Gasteiger charge is 2.31. The summed E-state index contributed by atoms with van der Waals surface area (Å²) in [6.45, 7) is 8.81. The van der Waals surface area contributed by atoms with Crippen LogP contribution in [0.2, 0.25) is 0 Å². The number of rotatable bonds is 5. The summed E-state index contributed by atoms with van der Waals surface area (Å²) in [6, 6.07) is 0.350. The normalized spacial score (nSPS) is 20.1. The minimum Gasteiger partial charge on any atom is -0.444 e. The zero-order valence-electron chi connectivity index (χ0n) is 15.5. The number of likely N-dealkylation sites (N-methyl/N-ethyl adjacent to an activating group) is 1. The van der Waals surface area contributed by atoms with Gasteiger partial charge in [-0.15, -0.1) is 0 Å². The molecule has 0 bridgehead atoms. The molecule has 0 aliphatic carbocycles. The first-order chi connectivity index (χ1) is 10.6. The molecule has 1 N–H and O–H groups in total. The van der Waals surface area contributed by atoms with Crippen LogP contribution in [0.5, 0.6) is 0 Å². The van der Waals surface area contributed by atoms with Gasteiger partial charge in [0.05, 0.1) is 6.54 Å². The summed E-state index contributed by atoms with van der Waals surface area (Å²) in [4.78, 5) is 27.5. The van der Waals surface area contributed by atoms with Gasteiger partial charge in [0, 0.05) is 32.7 Å². The third-order valence-corrected chi connectivity index (χ3v) is 3.98. The van der Waals surface area contributed by atoms with E-state index in [1.807, 2.05) is 25.7 Å². The zero-order valence-corrected chi connectivity index (χ0v) is 15.5. The van der Waals surface area contributed by atoms with Crippen LogP contribution in [-0.2, 0) is 9.53 Å². The fourth-order valence-electron chi connectivity index (χ4n) is 2.72. The Hall–Kier alpha value is -1.30. The Morgan fingerprint density at radius 2 is 1.96 bits per heavy atom. The smallest absolute Gasteiger partial charge is 0.410 e. The Morgan fingerprint density at radius 3 is 2.52 bits per heavy atom. The number of carbonyl (C=O) groups excluding carboxylic acids is 2. The maximum absolute atomic E-state index is 12.4. The fraction of sp³-hybridized carbons (Fsp3) is 0.882. The number of nitrogens with one attached hydrogen (secondary N) is 1. The first-order valence-corrected chi connectivity index (χ1v) is 8.53. The molecule has 23 heavy (non-hydrogen) atoms. The van der Waals surface area contributed by atoms with Crippen molar-refractivity contribution in [3.8, 4) is 0 Å². The van der Waals surface area contributed by atoms with Crippen LogP contribution in [-0.4, -0.2) is 66.7 Å². The van der Waals surface area contributed by atoms with E-state index in [1.165, 1.54) is 0 Å². The molecular formula is C17H33N3O3. The maximum atomic E-state index is 12.4. The van der Waals surface area contributed by atoms with Crippen LogP contribution in [0.15, 0.2) is 0 Å². The summed E-state index contributed by atoms with van der Waals surface area (Å²) in [5.74, 6) is 0.0597. The fourth-order valence-corrected chi connectivity index (χ4v) is 2.72. The molecule has 1 aliphatic heterocycles. The Labute approximate surface area is 140 Å². The highest BCUT2D eigenvalue weighted by molar-refractivity contribution is 5.77. The summed E-state index contributed by atoms with van der Waals surface area (Å²) in [5.41, 5.74) is -0.471. The van der Waals surface area contributed by atoms with Crippen molar-refractivity contribution in [3.63, 3.8) is 0 Å². The summed E-state index contributed by atoms with van der Waals surface area (Å²) in [7, 11) is 3.50. The SMILES string of the molecule is CC(CC1CCCCN1C(=O)OC(C)(C)C)NCC(=O)N(C)C. The molecule has 6 heteroatoms. The average molecular weight is 327 g/mol. The number of hydrogen-bond donors (Lipinski definition) is 1. The van der Waals surface area contributed by atoms with Crippen LogP contribution < -0.4 is 5.32 Å². The highest BCUT2D eigenvalue weighted by Crippen LogP contribution is 2.23. The second kappa shape index (κ2) is 8.52. The molecule has 2 amide bonds. The lowest BCUT2D eigenvalue weighted by Gasteiger charge is -2.38. The van der Waals surface area contributed by atoms with Gasteiger partial charge in [0.2, 0.25) is 5.91 Å². The van der Waals surface area contributed by atoms with Gasteiger partial charge in [-0.05, 0) is 53.4 Å². The van der Waals surface area contributed by atoms with Gasteiger partial charge in [-0.25, -0.2) is 4.79 Å². The molecule has 2 unspecified atom stereocenters. The molecular weight excluding hydrogens is 294 g/mol. The van der Waals surface area contributed by atoms with Crippen molar-refractivity contribution in [3.05, 3.63) is 0 Å². The minimum atomic E-state index is -0.471. The topological polar surface area (TPSA) is 61.9 Å². The van der Waals surface area contributed by atoms with Crippen LogP contribution in [0.25, 0.3) is 0 Å². The Balaban J connectivity index is 2.54. The molecule has 0 radical (unpaired) electrons. The molecule has 2 atom stereocenters. The number of piperidine rings is 1. The molecule has 134 valence electrons. The van der Waals surface area contributed by atoms with E-state index < -0.39 is 5.60 Å². The summed E-state index contributed by atoms with van der Waals surface area (Å²) >= 11 is 0. The number of amides is 2. The van der Waals surface area contributed by atoms with Crippen molar-refractivity contribution < 1.29 is 14.3 Å². The molecule has 6 nitrogen and oxygen atoms in total. The van der Waals surface area contributed by atoms with Crippen molar-refractivity contribution in [1.82, 2.24) is 15.1 Å². The number of nitrogens with zero attached hydrogens (tertiary/aromatic N) is 2. The van der Waals surface area contributed by atoms with Crippen molar-refractivity contribution in [2.75, 3.05) is 27.2 Å². The van der Waals surface area contributed by atoms with Crippen LogP contribution in [0, 0.1) is 0 Å². The maximum Gasteiger partial charge on any atom is 0.410 e. The molecule has 0 aromatic heterocycles. The van der Waals surface area contributed by atoms with Crippen LogP contribution in [0.3, 0.4) is 0 Å². The summed E-state index contributed by atoms with van der Waals surface area (Å²) in [5, 5.41) is 3.25. The second-order valence-electron chi connectivity index (χ2n) is 7.63. The Morgan fingerprint density at radius 1 is 1.30 bits per heavy atom. The van der Waals surface area contributed by atoms with Gasteiger partial charge >= 0.3 is 6.09 Å². The third kappa shape index (κ3) is 7.20. The van der Waals surface area contributed by atoms with Crippen molar-refractivity contribution in [2.24, 2.45) is 0 Å². The van der Waals surface area contributed by atoms with Crippen molar-refractivity contribution >= 4 is 12.0 Å². The number of ether oxygens (including phenoxy) is 1. The molecule has 1 rings (SSSR count). The molecule has 1 saturated heterocycles. The van der Waals surface area contributed by atoms with Gasteiger partial charge in [-0.3, -0.25) is 4.79 Å². The molecule has 0 spiro atoms. The molecule has 0 aromatic rings.